The Bertz CT molecular complexity index is 845. The minimum absolute atomic E-state index is 0.00381. The Morgan fingerprint density at radius 2 is 2.25 bits per heavy atom. The highest BCUT2D eigenvalue weighted by Crippen LogP contribution is 2.22. The molecule has 0 saturated heterocycles. The van der Waals surface area contributed by atoms with Crippen molar-refractivity contribution in [3.05, 3.63) is 42.0 Å². The van der Waals surface area contributed by atoms with Crippen molar-refractivity contribution in [2.24, 2.45) is 5.10 Å². The number of H-pyrrole nitrogens is 1. The Morgan fingerprint density at radius 1 is 1.43 bits per heavy atom. The van der Waals surface area contributed by atoms with Crippen LogP contribution in [0.1, 0.15) is 36.8 Å². The molecule has 1 heterocycles. The third-order valence-corrected chi connectivity index (χ3v) is 5.25. The van der Waals surface area contributed by atoms with Crippen LogP contribution in [0, 0.1) is 0 Å². The van der Waals surface area contributed by atoms with Gasteiger partial charge in [-0.3, -0.25) is 4.79 Å². The smallest absolute Gasteiger partial charge is 0.240 e. The first-order valence-electron chi connectivity index (χ1n) is 9.21. The summed E-state index contributed by atoms with van der Waals surface area (Å²) in [5, 5.41) is 24.5. The van der Waals surface area contributed by atoms with E-state index in [4.69, 9.17) is 0 Å². The number of phenols is 1. The van der Waals surface area contributed by atoms with Gasteiger partial charge >= 0.3 is 0 Å². The molecular weight excluding hydrogens is 376 g/mol. The lowest BCUT2D eigenvalue weighted by Crippen LogP contribution is -2.33. The summed E-state index contributed by atoms with van der Waals surface area (Å²) in [5.74, 6) is 0.817. The maximum atomic E-state index is 11.9. The zero-order chi connectivity index (χ0) is 19.8. The van der Waals surface area contributed by atoms with E-state index >= 15 is 0 Å². The van der Waals surface area contributed by atoms with Crippen molar-refractivity contribution in [2.45, 2.75) is 43.3 Å². The minimum atomic E-state index is 0.00381. The molecule has 1 aliphatic rings. The molecule has 1 fully saturated rings. The van der Waals surface area contributed by atoms with E-state index in [-0.39, 0.29) is 17.4 Å². The van der Waals surface area contributed by atoms with Gasteiger partial charge in [-0.15, -0.1) is 11.7 Å². The fourth-order valence-corrected chi connectivity index (χ4v) is 3.64. The monoisotopic (exact) mass is 400 g/mol. The van der Waals surface area contributed by atoms with Crippen LogP contribution in [-0.4, -0.2) is 44.2 Å². The maximum absolute atomic E-state index is 11.9. The molecule has 1 aromatic heterocycles. The first-order chi connectivity index (χ1) is 13.7. The van der Waals surface area contributed by atoms with Crippen molar-refractivity contribution in [1.29, 1.82) is 0 Å². The number of carbonyl (C=O) groups is 1. The Kier molecular flexibility index (Phi) is 7.07. The molecule has 1 amide bonds. The van der Waals surface area contributed by atoms with E-state index < -0.39 is 0 Å². The average Bonchev–Trinajstić information content (AvgIpc) is 3.35. The number of amides is 1. The zero-order valence-electron chi connectivity index (χ0n) is 15.5. The van der Waals surface area contributed by atoms with E-state index in [9.17, 15) is 9.90 Å². The number of hydrogen-bond donors (Lipinski definition) is 4. The van der Waals surface area contributed by atoms with E-state index in [1.165, 1.54) is 30.8 Å². The number of carbonyl (C=O) groups excluding carboxylic acids is 1. The van der Waals surface area contributed by atoms with E-state index in [0.717, 1.165) is 18.4 Å². The second-order valence-electron chi connectivity index (χ2n) is 6.52. The van der Waals surface area contributed by atoms with E-state index in [2.05, 4.69) is 37.6 Å². The van der Waals surface area contributed by atoms with E-state index in [1.54, 1.807) is 12.1 Å². The molecule has 0 atom stereocenters. The standard InChI is InChI=1S/C19H24N6O2S/c1-2-6-13-7-5-8-14(17(13)27)11-20-23-18-22-19(25-24-18)28-12-16(26)21-15-9-3-4-10-15/h2,5,7-8,11,15,27H,1,3-4,6,9-10,12H2,(H,21,26)(H2,22,23,24,25)/b20-11+. The number of phenolic OH excluding ortho intramolecular Hbond substituents is 1. The zero-order valence-corrected chi connectivity index (χ0v) is 16.3. The summed E-state index contributed by atoms with van der Waals surface area (Å²) in [6, 6.07) is 5.76. The molecule has 1 saturated carbocycles. The third kappa shape index (κ3) is 5.59. The van der Waals surface area contributed by atoms with Gasteiger partial charge in [0.15, 0.2) is 0 Å². The van der Waals surface area contributed by atoms with Gasteiger partial charge in [0.2, 0.25) is 17.0 Å². The molecule has 0 radical (unpaired) electrons. The second kappa shape index (κ2) is 9.93. The van der Waals surface area contributed by atoms with Gasteiger partial charge in [0.25, 0.3) is 0 Å². The summed E-state index contributed by atoms with van der Waals surface area (Å²) in [7, 11) is 0. The topological polar surface area (TPSA) is 115 Å². The summed E-state index contributed by atoms with van der Waals surface area (Å²) in [4.78, 5) is 16.2. The summed E-state index contributed by atoms with van der Waals surface area (Å²) in [6.07, 6.45) is 8.32. The lowest BCUT2D eigenvalue weighted by Gasteiger charge is -2.10. The van der Waals surface area contributed by atoms with Crippen LogP contribution in [0.25, 0.3) is 0 Å². The number of benzene rings is 1. The number of rotatable bonds is 9. The number of thioether (sulfide) groups is 1. The Morgan fingerprint density at radius 3 is 3.04 bits per heavy atom. The fraction of sp³-hybridized carbons (Fsp3) is 0.368. The SMILES string of the molecule is C=CCc1cccc(/C=N/Nc2nc(SCC(=O)NC3CCCC3)n[nH]2)c1O. The van der Waals surface area contributed by atoms with Gasteiger partial charge < -0.3 is 10.4 Å². The quantitative estimate of drug-likeness (QED) is 0.223. The van der Waals surface area contributed by atoms with Crippen LogP contribution in [0.15, 0.2) is 41.1 Å². The number of aromatic nitrogens is 3. The molecule has 148 valence electrons. The number of nitrogens with zero attached hydrogens (tertiary/aromatic N) is 3. The predicted molar refractivity (Wildman–Crippen MR) is 111 cm³/mol. The van der Waals surface area contributed by atoms with Gasteiger partial charge in [0.1, 0.15) is 5.75 Å². The molecule has 1 aromatic carbocycles. The van der Waals surface area contributed by atoms with Gasteiger partial charge in [0.05, 0.1) is 12.0 Å². The largest absolute Gasteiger partial charge is 0.507 e. The molecule has 0 bridgehead atoms. The molecule has 2 aromatic rings. The van der Waals surface area contributed by atoms with Crippen LogP contribution in [0.3, 0.4) is 0 Å². The molecule has 1 aliphatic carbocycles. The highest BCUT2D eigenvalue weighted by atomic mass is 32.2. The fourth-order valence-electron chi connectivity index (χ4n) is 3.03. The molecule has 0 spiro atoms. The first-order valence-corrected chi connectivity index (χ1v) is 10.2. The van der Waals surface area contributed by atoms with Crippen molar-refractivity contribution in [3.63, 3.8) is 0 Å². The summed E-state index contributed by atoms with van der Waals surface area (Å²) in [5.41, 5.74) is 4.11. The number of aromatic amines is 1. The Labute approximate surface area is 167 Å². The van der Waals surface area contributed by atoms with Crippen LogP contribution in [0.5, 0.6) is 5.75 Å². The first kappa shape index (κ1) is 19.9. The van der Waals surface area contributed by atoms with E-state index in [1.807, 2.05) is 12.1 Å². The molecule has 0 aliphatic heterocycles. The number of hydrazone groups is 1. The number of hydrogen-bond acceptors (Lipinski definition) is 7. The molecule has 28 heavy (non-hydrogen) atoms. The number of nitrogens with one attached hydrogen (secondary N) is 3. The lowest BCUT2D eigenvalue weighted by molar-refractivity contribution is -0.119. The number of para-hydroxylation sites is 1. The van der Waals surface area contributed by atoms with Crippen LogP contribution < -0.4 is 10.7 Å². The van der Waals surface area contributed by atoms with Gasteiger partial charge in [-0.1, -0.05) is 42.8 Å². The number of allylic oxidation sites excluding steroid dienone is 1. The Hall–Kier alpha value is -2.81. The highest BCUT2D eigenvalue weighted by molar-refractivity contribution is 7.99. The maximum Gasteiger partial charge on any atom is 0.240 e. The lowest BCUT2D eigenvalue weighted by atomic mass is 10.1. The van der Waals surface area contributed by atoms with Crippen LogP contribution in [0.4, 0.5) is 5.95 Å². The molecule has 4 N–H and O–H groups in total. The summed E-state index contributed by atoms with van der Waals surface area (Å²) >= 11 is 1.27. The normalized spacial score (nSPS) is 14.4. The summed E-state index contributed by atoms with van der Waals surface area (Å²) < 4.78 is 0. The van der Waals surface area contributed by atoms with Crippen LogP contribution in [0.2, 0.25) is 0 Å². The average molecular weight is 401 g/mol. The molecule has 8 nitrogen and oxygen atoms in total. The molecular formula is C19H24N6O2S. The predicted octanol–water partition coefficient (Wildman–Crippen LogP) is 2.84. The molecule has 0 unspecified atom stereocenters. The van der Waals surface area contributed by atoms with Crippen LogP contribution in [-0.2, 0) is 11.2 Å². The van der Waals surface area contributed by atoms with Crippen molar-refractivity contribution >= 4 is 29.8 Å². The van der Waals surface area contributed by atoms with Gasteiger partial charge in [-0.2, -0.15) is 10.1 Å². The number of anilines is 1. The van der Waals surface area contributed by atoms with Gasteiger partial charge in [0, 0.05) is 11.6 Å². The third-order valence-electron chi connectivity index (χ3n) is 4.41. The highest BCUT2D eigenvalue weighted by Gasteiger charge is 2.17. The van der Waals surface area contributed by atoms with E-state index in [0.29, 0.717) is 29.1 Å². The van der Waals surface area contributed by atoms with Crippen molar-refractivity contribution in [1.82, 2.24) is 20.5 Å². The van der Waals surface area contributed by atoms with Crippen LogP contribution >= 0.6 is 11.8 Å². The van der Waals surface area contributed by atoms with Crippen molar-refractivity contribution in [2.75, 3.05) is 11.2 Å². The summed E-state index contributed by atoms with van der Waals surface area (Å²) in [6.45, 7) is 3.68. The Balaban J connectivity index is 1.48. The van der Waals surface area contributed by atoms with Gasteiger partial charge in [-0.25, -0.2) is 10.5 Å². The van der Waals surface area contributed by atoms with Gasteiger partial charge in [-0.05, 0) is 30.9 Å². The van der Waals surface area contributed by atoms with Crippen molar-refractivity contribution in [3.8, 4) is 5.75 Å². The second-order valence-corrected chi connectivity index (χ2v) is 7.46. The molecule has 9 heteroatoms. The van der Waals surface area contributed by atoms with Crippen molar-refractivity contribution < 1.29 is 9.90 Å². The minimum Gasteiger partial charge on any atom is -0.507 e. The molecule has 3 rings (SSSR count). The number of aromatic hydroxyl groups is 1.